The first-order valence-corrected chi connectivity index (χ1v) is 12.4. The van der Waals surface area contributed by atoms with E-state index in [1.165, 1.54) is 0 Å². The van der Waals surface area contributed by atoms with Gasteiger partial charge in [0.1, 0.15) is 0 Å². The van der Waals surface area contributed by atoms with Crippen molar-refractivity contribution >= 4 is 17.2 Å². The Morgan fingerprint density at radius 2 is 1.74 bits per heavy atom. The SMILES string of the molecule is CCN1CCN(C(C)c2c(C)c(C(=O)OC(C)C)cc3c(-c4ccc(NC)cc4)ccn23)CC1. The van der Waals surface area contributed by atoms with Gasteiger partial charge in [-0.1, -0.05) is 19.1 Å². The van der Waals surface area contributed by atoms with E-state index in [-0.39, 0.29) is 18.1 Å². The predicted molar refractivity (Wildman–Crippen MR) is 140 cm³/mol. The molecule has 0 spiro atoms. The molecule has 1 atom stereocenters. The fourth-order valence-corrected chi connectivity index (χ4v) is 5.07. The summed E-state index contributed by atoms with van der Waals surface area (Å²) in [6.07, 6.45) is 1.99. The smallest absolute Gasteiger partial charge is 0.338 e. The molecule has 1 unspecified atom stereocenters. The quantitative estimate of drug-likeness (QED) is 0.488. The van der Waals surface area contributed by atoms with Gasteiger partial charge in [-0.05, 0) is 69.6 Å². The van der Waals surface area contributed by atoms with Crippen LogP contribution in [0.15, 0.2) is 42.6 Å². The fraction of sp³-hybridized carbons (Fsp3) is 0.464. The van der Waals surface area contributed by atoms with E-state index in [1.807, 2.05) is 27.0 Å². The molecule has 0 bridgehead atoms. The Bertz CT molecular complexity index is 1140. The minimum atomic E-state index is -0.253. The molecular formula is C28H38N4O2. The number of likely N-dealkylation sites (N-methyl/N-ethyl adjacent to an activating group) is 1. The van der Waals surface area contributed by atoms with Crippen molar-refractivity contribution in [2.75, 3.05) is 45.1 Å². The molecule has 6 nitrogen and oxygen atoms in total. The number of nitrogens with one attached hydrogen (secondary N) is 1. The molecule has 0 amide bonds. The largest absolute Gasteiger partial charge is 0.459 e. The van der Waals surface area contributed by atoms with Crippen LogP contribution < -0.4 is 5.32 Å². The lowest BCUT2D eigenvalue weighted by molar-refractivity contribution is 0.0376. The molecule has 0 radical (unpaired) electrons. The lowest BCUT2D eigenvalue weighted by Gasteiger charge is -2.38. The molecular weight excluding hydrogens is 424 g/mol. The summed E-state index contributed by atoms with van der Waals surface area (Å²) in [5.41, 5.74) is 7.17. The summed E-state index contributed by atoms with van der Waals surface area (Å²) in [5, 5.41) is 3.18. The van der Waals surface area contributed by atoms with Crippen molar-refractivity contribution in [2.24, 2.45) is 0 Å². The van der Waals surface area contributed by atoms with Crippen LogP contribution in [0.1, 0.15) is 55.4 Å². The standard InChI is InChI=1S/C28H38N4O2/c1-7-30-14-16-31(17-15-30)21(5)27-20(4)25(28(33)34-19(2)3)18-26-24(12-13-32(26)27)22-8-10-23(29-6)11-9-22/h8-13,18-19,21,29H,7,14-17H2,1-6H3. The molecule has 6 heteroatoms. The zero-order chi connectivity index (χ0) is 24.4. The average molecular weight is 463 g/mol. The topological polar surface area (TPSA) is 49.2 Å². The summed E-state index contributed by atoms with van der Waals surface area (Å²) in [4.78, 5) is 18.2. The van der Waals surface area contributed by atoms with Gasteiger partial charge in [-0.15, -0.1) is 0 Å². The number of carbonyl (C=O) groups excluding carboxylic acids is 1. The summed E-state index contributed by atoms with van der Waals surface area (Å²) in [7, 11) is 1.92. The fourth-order valence-electron chi connectivity index (χ4n) is 5.07. The first-order valence-electron chi connectivity index (χ1n) is 12.4. The normalized spacial score (nSPS) is 16.2. The Labute approximate surface area is 203 Å². The summed E-state index contributed by atoms with van der Waals surface area (Å²) in [6.45, 7) is 15.6. The van der Waals surface area contributed by atoms with Crippen LogP contribution in [-0.4, -0.2) is 66.0 Å². The zero-order valence-corrected chi connectivity index (χ0v) is 21.4. The highest BCUT2D eigenvalue weighted by atomic mass is 16.5. The number of piperazine rings is 1. The number of aromatic nitrogens is 1. The maximum atomic E-state index is 13.1. The molecule has 1 aliphatic heterocycles. The summed E-state index contributed by atoms with van der Waals surface area (Å²) >= 11 is 0. The number of pyridine rings is 1. The molecule has 3 aromatic rings. The number of esters is 1. The Morgan fingerprint density at radius 1 is 1.06 bits per heavy atom. The van der Waals surface area contributed by atoms with Crippen LogP contribution in [0.2, 0.25) is 0 Å². The molecule has 1 saturated heterocycles. The van der Waals surface area contributed by atoms with Gasteiger partial charge in [-0.2, -0.15) is 0 Å². The van der Waals surface area contributed by atoms with Crippen LogP contribution in [0.25, 0.3) is 16.6 Å². The Hall–Kier alpha value is -2.83. The second-order valence-corrected chi connectivity index (χ2v) is 9.48. The number of hydrogen-bond acceptors (Lipinski definition) is 5. The van der Waals surface area contributed by atoms with Crippen molar-refractivity contribution in [2.45, 2.75) is 46.8 Å². The molecule has 2 aromatic heterocycles. The molecule has 4 rings (SSSR count). The summed E-state index contributed by atoms with van der Waals surface area (Å²) < 4.78 is 7.93. The number of ether oxygens (including phenoxy) is 1. The van der Waals surface area contributed by atoms with Crippen molar-refractivity contribution in [1.29, 1.82) is 0 Å². The van der Waals surface area contributed by atoms with Gasteiger partial charge in [-0.3, -0.25) is 4.90 Å². The van der Waals surface area contributed by atoms with Crippen molar-refractivity contribution < 1.29 is 9.53 Å². The number of fused-ring (bicyclic) bond motifs is 1. The molecule has 182 valence electrons. The number of carbonyl (C=O) groups is 1. The number of hydrogen-bond donors (Lipinski definition) is 1. The van der Waals surface area contributed by atoms with Crippen LogP contribution >= 0.6 is 0 Å². The second kappa shape index (κ2) is 10.2. The Balaban J connectivity index is 1.83. The average Bonchev–Trinajstić information content (AvgIpc) is 3.26. The van der Waals surface area contributed by atoms with E-state index in [0.717, 1.165) is 66.3 Å². The highest BCUT2D eigenvalue weighted by molar-refractivity contribution is 5.95. The van der Waals surface area contributed by atoms with Crippen LogP contribution in [0.3, 0.4) is 0 Å². The number of nitrogens with zero attached hydrogens (tertiary/aromatic N) is 3. The van der Waals surface area contributed by atoms with E-state index in [9.17, 15) is 4.79 Å². The molecule has 3 heterocycles. The van der Waals surface area contributed by atoms with Gasteiger partial charge in [0.15, 0.2) is 0 Å². The third kappa shape index (κ3) is 4.70. The van der Waals surface area contributed by atoms with E-state index in [0.29, 0.717) is 5.56 Å². The Kier molecular flexibility index (Phi) is 7.29. The lowest BCUT2D eigenvalue weighted by atomic mass is 9.99. The van der Waals surface area contributed by atoms with Gasteiger partial charge in [0.25, 0.3) is 0 Å². The van der Waals surface area contributed by atoms with Crippen LogP contribution in [-0.2, 0) is 4.74 Å². The minimum Gasteiger partial charge on any atom is -0.459 e. The maximum Gasteiger partial charge on any atom is 0.338 e. The summed E-state index contributed by atoms with van der Waals surface area (Å²) in [6, 6.07) is 12.8. The van der Waals surface area contributed by atoms with E-state index in [2.05, 4.69) is 76.8 Å². The monoisotopic (exact) mass is 462 g/mol. The molecule has 0 aliphatic carbocycles. The molecule has 1 fully saturated rings. The number of rotatable bonds is 7. The highest BCUT2D eigenvalue weighted by Gasteiger charge is 2.27. The van der Waals surface area contributed by atoms with Crippen molar-refractivity contribution in [1.82, 2.24) is 14.2 Å². The lowest BCUT2D eigenvalue weighted by Crippen LogP contribution is -2.47. The van der Waals surface area contributed by atoms with E-state index < -0.39 is 0 Å². The van der Waals surface area contributed by atoms with Crippen LogP contribution in [0, 0.1) is 6.92 Å². The van der Waals surface area contributed by atoms with E-state index >= 15 is 0 Å². The van der Waals surface area contributed by atoms with Gasteiger partial charge in [0.05, 0.1) is 17.2 Å². The van der Waals surface area contributed by atoms with Gasteiger partial charge < -0.3 is 19.4 Å². The zero-order valence-electron chi connectivity index (χ0n) is 21.4. The van der Waals surface area contributed by atoms with Gasteiger partial charge in [0, 0.05) is 62.4 Å². The van der Waals surface area contributed by atoms with Gasteiger partial charge in [0.2, 0.25) is 0 Å². The van der Waals surface area contributed by atoms with E-state index in [4.69, 9.17) is 4.74 Å². The Morgan fingerprint density at radius 3 is 2.32 bits per heavy atom. The first-order chi connectivity index (χ1) is 16.3. The molecule has 1 aromatic carbocycles. The molecule has 1 aliphatic rings. The van der Waals surface area contributed by atoms with Crippen molar-refractivity contribution in [3.05, 3.63) is 59.4 Å². The third-order valence-corrected chi connectivity index (χ3v) is 7.10. The van der Waals surface area contributed by atoms with Gasteiger partial charge >= 0.3 is 5.97 Å². The van der Waals surface area contributed by atoms with Crippen molar-refractivity contribution in [3.8, 4) is 11.1 Å². The molecule has 34 heavy (non-hydrogen) atoms. The van der Waals surface area contributed by atoms with Crippen LogP contribution in [0.5, 0.6) is 0 Å². The van der Waals surface area contributed by atoms with Gasteiger partial charge in [-0.25, -0.2) is 4.79 Å². The number of benzene rings is 1. The second-order valence-electron chi connectivity index (χ2n) is 9.48. The highest BCUT2D eigenvalue weighted by Crippen LogP contribution is 2.34. The third-order valence-electron chi connectivity index (χ3n) is 7.10. The molecule has 0 saturated carbocycles. The summed E-state index contributed by atoms with van der Waals surface area (Å²) in [5.74, 6) is -0.253. The van der Waals surface area contributed by atoms with Crippen LogP contribution in [0.4, 0.5) is 5.69 Å². The predicted octanol–water partition coefficient (Wildman–Crippen LogP) is 5.22. The molecule has 1 N–H and O–H groups in total. The minimum absolute atomic E-state index is 0.161. The number of anilines is 1. The van der Waals surface area contributed by atoms with Crippen molar-refractivity contribution in [3.63, 3.8) is 0 Å². The first kappa shape index (κ1) is 24.3. The van der Waals surface area contributed by atoms with E-state index in [1.54, 1.807) is 0 Å². The maximum absolute atomic E-state index is 13.1.